The first-order valence-electron chi connectivity index (χ1n) is 12.9. The van der Waals surface area contributed by atoms with E-state index in [2.05, 4.69) is 19.8 Å². The van der Waals surface area contributed by atoms with Crippen LogP contribution in [0.5, 0.6) is 5.75 Å². The van der Waals surface area contributed by atoms with E-state index < -0.39 is 6.36 Å². The zero-order chi connectivity index (χ0) is 25.6. The van der Waals surface area contributed by atoms with Gasteiger partial charge in [-0.15, -0.1) is 13.2 Å². The summed E-state index contributed by atoms with van der Waals surface area (Å²) in [5.41, 5.74) is 2.09. The minimum Gasteiger partial charge on any atom is -0.406 e. The molecule has 0 spiro atoms. The van der Waals surface area contributed by atoms with Crippen molar-refractivity contribution in [1.29, 1.82) is 0 Å². The third-order valence-electron chi connectivity index (χ3n) is 7.53. The summed E-state index contributed by atoms with van der Waals surface area (Å²) in [7, 11) is 0. The number of hydrogen-bond donors (Lipinski definition) is 1. The molecule has 0 unspecified atom stereocenters. The maximum absolute atomic E-state index is 14.0. The highest BCUT2D eigenvalue weighted by Gasteiger charge is 2.38. The Balaban J connectivity index is 1.36. The summed E-state index contributed by atoms with van der Waals surface area (Å²) in [5.74, 6) is 0.0446. The Morgan fingerprint density at radius 1 is 1.00 bits per heavy atom. The molecule has 1 aromatic carbocycles. The van der Waals surface area contributed by atoms with Crippen LogP contribution in [-0.4, -0.2) is 74.0 Å². The Labute approximate surface area is 212 Å². The zero-order valence-corrected chi connectivity index (χ0v) is 20.4. The predicted octanol–water partition coefficient (Wildman–Crippen LogP) is 4.87. The Morgan fingerprint density at radius 3 is 2.41 bits per heavy atom. The standard InChI is InChI=1S/C26H29F3N6O2/c27-26(28,29)37-21-5-3-4-17(14-21)24-32-22(18-15-30-31-16-18)23(35(24)20-6-7-20)25(36)34-12-8-19(9-13-34)33-10-1-2-11-33/h3-5,14-16,19-20H,1-2,6-13H2,(H,30,31). The van der Waals surface area contributed by atoms with Gasteiger partial charge in [-0.25, -0.2) is 4.98 Å². The highest BCUT2D eigenvalue weighted by Crippen LogP contribution is 2.43. The molecule has 4 heterocycles. The molecule has 6 rings (SSSR count). The first kappa shape index (κ1) is 24.0. The van der Waals surface area contributed by atoms with Crippen molar-refractivity contribution in [3.8, 4) is 28.4 Å². The molecule has 37 heavy (non-hydrogen) atoms. The summed E-state index contributed by atoms with van der Waals surface area (Å²) >= 11 is 0. The van der Waals surface area contributed by atoms with Gasteiger partial charge >= 0.3 is 6.36 Å². The summed E-state index contributed by atoms with van der Waals surface area (Å²) in [6.45, 7) is 3.62. The first-order valence-corrected chi connectivity index (χ1v) is 12.9. The van der Waals surface area contributed by atoms with Gasteiger partial charge in [0.1, 0.15) is 23.0 Å². The molecule has 1 N–H and O–H groups in total. The molecule has 11 heteroatoms. The SMILES string of the molecule is O=C(c1c(-c2cn[nH]c2)nc(-c2cccc(OC(F)(F)F)c2)n1C1CC1)N1CCC(N2CCCC2)CC1. The number of carbonyl (C=O) groups is 1. The second-order valence-electron chi connectivity index (χ2n) is 10.1. The Kier molecular flexibility index (Phi) is 6.18. The second kappa shape index (κ2) is 9.51. The molecule has 2 saturated heterocycles. The molecular weight excluding hydrogens is 485 g/mol. The number of nitrogens with one attached hydrogen (secondary N) is 1. The highest BCUT2D eigenvalue weighted by molar-refractivity contribution is 5.99. The fourth-order valence-electron chi connectivity index (χ4n) is 5.63. The number of aromatic nitrogens is 4. The lowest BCUT2D eigenvalue weighted by atomic mass is 10.0. The fraction of sp³-hybridized carbons (Fsp3) is 0.500. The lowest BCUT2D eigenvalue weighted by Gasteiger charge is -2.36. The molecular formula is C26H29F3N6O2. The van der Waals surface area contributed by atoms with E-state index in [1.54, 1.807) is 18.5 Å². The summed E-state index contributed by atoms with van der Waals surface area (Å²) in [6, 6.07) is 6.36. The number of rotatable bonds is 6. The predicted molar refractivity (Wildman–Crippen MR) is 130 cm³/mol. The van der Waals surface area contributed by atoms with Crippen LogP contribution in [-0.2, 0) is 0 Å². The molecule has 0 atom stereocenters. The van der Waals surface area contributed by atoms with Crippen molar-refractivity contribution < 1.29 is 22.7 Å². The highest BCUT2D eigenvalue weighted by atomic mass is 19.4. The third kappa shape index (κ3) is 4.96. The Morgan fingerprint density at radius 2 is 1.76 bits per heavy atom. The largest absolute Gasteiger partial charge is 0.573 e. The third-order valence-corrected chi connectivity index (χ3v) is 7.53. The maximum Gasteiger partial charge on any atom is 0.573 e. The van der Waals surface area contributed by atoms with E-state index in [0.29, 0.717) is 47.5 Å². The number of benzene rings is 1. The number of alkyl halides is 3. The van der Waals surface area contributed by atoms with Gasteiger partial charge in [-0.2, -0.15) is 5.10 Å². The van der Waals surface area contributed by atoms with E-state index in [1.165, 1.54) is 31.0 Å². The van der Waals surface area contributed by atoms with E-state index in [1.807, 2.05) is 9.47 Å². The van der Waals surface area contributed by atoms with E-state index in [0.717, 1.165) is 38.8 Å². The Hall–Kier alpha value is -3.34. The molecule has 3 aromatic rings. The molecule has 0 bridgehead atoms. The van der Waals surface area contributed by atoms with Gasteiger partial charge in [0.05, 0.1) is 6.20 Å². The zero-order valence-electron chi connectivity index (χ0n) is 20.4. The number of aromatic amines is 1. The number of ether oxygens (including phenoxy) is 1. The van der Waals surface area contributed by atoms with Crippen LogP contribution in [0.2, 0.25) is 0 Å². The average molecular weight is 515 g/mol. The van der Waals surface area contributed by atoms with Crippen LogP contribution in [0.3, 0.4) is 0 Å². The van der Waals surface area contributed by atoms with Gasteiger partial charge in [-0.1, -0.05) is 12.1 Å². The molecule has 1 saturated carbocycles. The van der Waals surface area contributed by atoms with Crippen LogP contribution >= 0.6 is 0 Å². The lowest BCUT2D eigenvalue weighted by Crippen LogP contribution is -2.46. The van der Waals surface area contributed by atoms with Crippen molar-refractivity contribution in [3.05, 3.63) is 42.4 Å². The number of carbonyl (C=O) groups excluding carboxylic acids is 1. The van der Waals surface area contributed by atoms with Gasteiger partial charge in [0.25, 0.3) is 5.91 Å². The molecule has 0 radical (unpaired) electrons. The molecule has 2 aromatic heterocycles. The maximum atomic E-state index is 14.0. The number of imidazole rings is 1. The van der Waals surface area contributed by atoms with Crippen LogP contribution < -0.4 is 4.74 Å². The molecule has 196 valence electrons. The van der Waals surface area contributed by atoms with Gasteiger partial charge in [0.15, 0.2) is 0 Å². The van der Waals surface area contributed by atoms with Gasteiger partial charge in [-0.05, 0) is 63.7 Å². The van der Waals surface area contributed by atoms with E-state index in [-0.39, 0.29) is 17.7 Å². The number of hydrogen-bond acceptors (Lipinski definition) is 5. The van der Waals surface area contributed by atoms with Crippen molar-refractivity contribution in [2.45, 2.75) is 57.0 Å². The summed E-state index contributed by atoms with van der Waals surface area (Å²) in [4.78, 5) is 23.3. The molecule has 3 fully saturated rings. The van der Waals surface area contributed by atoms with Gasteiger partial charge in [-0.3, -0.25) is 9.89 Å². The van der Waals surface area contributed by atoms with Crippen LogP contribution in [0, 0.1) is 0 Å². The van der Waals surface area contributed by atoms with Crippen molar-refractivity contribution >= 4 is 5.91 Å². The number of nitrogens with zero attached hydrogens (tertiary/aromatic N) is 5. The van der Waals surface area contributed by atoms with Crippen molar-refractivity contribution in [1.82, 2.24) is 29.5 Å². The van der Waals surface area contributed by atoms with Crippen LogP contribution in [0.4, 0.5) is 13.2 Å². The number of halogens is 3. The number of likely N-dealkylation sites (tertiary alicyclic amines) is 2. The minimum atomic E-state index is -4.80. The van der Waals surface area contributed by atoms with Crippen LogP contribution in [0.15, 0.2) is 36.7 Å². The summed E-state index contributed by atoms with van der Waals surface area (Å²) in [6.07, 6.45) is 4.62. The molecule has 2 aliphatic heterocycles. The smallest absolute Gasteiger partial charge is 0.406 e. The van der Waals surface area contributed by atoms with Crippen LogP contribution in [0.25, 0.3) is 22.6 Å². The number of H-pyrrole nitrogens is 1. The topological polar surface area (TPSA) is 79.3 Å². The monoisotopic (exact) mass is 514 g/mol. The van der Waals surface area contributed by atoms with Crippen molar-refractivity contribution in [2.75, 3.05) is 26.2 Å². The number of amides is 1. The van der Waals surface area contributed by atoms with Crippen molar-refractivity contribution in [3.63, 3.8) is 0 Å². The fourth-order valence-corrected chi connectivity index (χ4v) is 5.63. The van der Waals surface area contributed by atoms with E-state index in [4.69, 9.17) is 4.98 Å². The van der Waals surface area contributed by atoms with E-state index in [9.17, 15) is 18.0 Å². The second-order valence-corrected chi connectivity index (χ2v) is 10.1. The van der Waals surface area contributed by atoms with Gasteiger partial charge < -0.3 is 19.1 Å². The Bertz CT molecular complexity index is 1250. The number of piperidine rings is 1. The van der Waals surface area contributed by atoms with Crippen LogP contribution in [0.1, 0.15) is 55.1 Å². The lowest BCUT2D eigenvalue weighted by molar-refractivity contribution is -0.274. The van der Waals surface area contributed by atoms with Crippen molar-refractivity contribution in [2.24, 2.45) is 0 Å². The average Bonchev–Trinajstić information content (AvgIpc) is 3.29. The molecule has 1 amide bonds. The molecule has 8 nitrogen and oxygen atoms in total. The quantitative estimate of drug-likeness (QED) is 0.508. The van der Waals surface area contributed by atoms with E-state index >= 15 is 0 Å². The molecule has 1 aliphatic carbocycles. The molecule has 3 aliphatic rings. The minimum absolute atomic E-state index is 0.0661. The first-order chi connectivity index (χ1) is 17.9. The van der Waals surface area contributed by atoms with Gasteiger partial charge in [0, 0.05) is 42.5 Å². The summed E-state index contributed by atoms with van der Waals surface area (Å²) < 4.78 is 44.7. The summed E-state index contributed by atoms with van der Waals surface area (Å²) in [5, 5.41) is 6.83. The van der Waals surface area contributed by atoms with Gasteiger partial charge in [0.2, 0.25) is 0 Å². The normalized spacial score (nSPS) is 19.5.